The lowest BCUT2D eigenvalue weighted by atomic mass is 10.3. The van der Waals surface area contributed by atoms with Crippen LogP contribution in [0.5, 0.6) is 0 Å². The Hall–Kier alpha value is -1.46. The highest BCUT2D eigenvalue weighted by Crippen LogP contribution is 2.25. The summed E-state index contributed by atoms with van der Waals surface area (Å²) in [5.41, 5.74) is 2.33. The van der Waals surface area contributed by atoms with E-state index < -0.39 is 0 Å². The van der Waals surface area contributed by atoms with Crippen LogP contribution in [0.1, 0.15) is 20.3 Å². The Labute approximate surface area is 122 Å². The Morgan fingerprint density at radius 2 is 2.16 bits per heavy atom. The molecule has 1 aromatic carbocycles. The van der Waals surface area contributed by atoms with Crippen molar-refractivity contribution < 1.29 is 0 Å². The van der Waals surface area contributed by atoms with Gasteiger partial charge in [0.25, 0.3) is 0 Å². The number of benzene rings is 1. The number of rotatable bonds is 4. The second kappa shape index (κ2) is 6.63. The Morgan fingerprint density at radius 3 is 2.89 bits per heavy atom. The Bertz CT molecular complexity index is 565. The van der Waals surface area contributed by atoms with E-state index in [2.05, 4.69) is 41.6 Å². The highest BCUT2D eigenvalue weighted by molar-refractivity contribution is 7.80. The predicted octanol–water partition coefficient (Wildman–Crippen LogP) is 3.94. The van der Waals surface area contributed by atoms with Crippen molar-refractivity contribution in [2.75, 3.05) is 11.9 Å². The molecule has 100 valence electrons. The first-order chi connectivity index (χ1) is 9.15. The number of anilines is 1. The molecule has 0 unspecified atom stereocenters. The number of nitrogens with one attached hydrogen (secondary N) is 2. The number of aromatic nitrogens is 1. The fourth-order valence-corrected chi connectivity index (χ4v) is 2.75. The van der Waals surface area contributed by atoms with E-state index in [0.717, 1.165) is 28.3 Å². The van der Waals surface area contributed by atoms with Crippen LogP contribution in [0.25, 0.3) is 10.2 Å². The van der Waals surface area contributed by atoms with Gasteiger partial charge in [-0.3, -0.25) is 0 Å². The molecule has 1 aromatic heterocycles. The van der Waals surface area contributed by atoms with Gasteiger partial charge in [-0.25, -0.2) is 4.98 Å². The van der Waals surface area contributed by atoms with Crippen molar-refractivity contribution in [1.29, 1.82) is 0 Å². The summed E-state index contributed by atoms with van der Waals surface area (Å²) in [4.78, 5) is 4.48. The third kappa shape index (κ3) is 4.29. The molecular formula is C14H17N3S2. The average Bonchev–Trinajstić information content (AvgIpc) is 2.76. The molecule has 0 bridgehead atoms. The molecule has 2 rings (SSSR count). The van der Waals surface area contributed by atoms with Crippen LogP contribution in [-0.4, -0.2) is 16.6 Å². The molecule has 0 amide bonds. The van der Waals surface area contributed by atoms with Gasteiger partial charge in [0.1, 0.15) is 0 Å². The van der Waals surface area contributed by atoms with E-state index in [1.165, 1.54) is 5.57 Å². The molecule has 0 aliphatic heterocycles. The van der Waals surface area contributed by atoms with Crippen molar-refractivity contribution in [3.8, 4) is 0 Å². The van der Waals surface area contributed by atoms with Crippen molar-refractivity contribution in [3.63, 3.8) is 0 Å². The summed E-state index contributed by atoms with van der Waals surface area (Å²) in [5, 5.41) is 7.76. The van der Waals surface area contributed by atoms with Gasteiger partial charge in [0.2, 0.25) is 0 Å². The molecule has 0 aliphatic carbocycles. The van der Waals surface area contributed by atoms with Crippen LogP contribution in [0.15, 0.2) is 35.9 Å². The van der Waals surface area contributed by atoms with Crippen molar-refractivity contribution in [2.45, 2.75) is 20.3 Å². The minimum Gasteiger partial charge on any atom is -0.362 e. The maximum Gasteiger partial charge on any atom is 0.190 e. The van der Waals surface area contributed by atoms with Gasteiger partial charge in [-0.15, -0.1) is 0 Å². The second-order valence-electron chi connectivity index (χ2n) is 4.44. The van der Waals surface area contributed by atoms with Gasteiger partial charge >= 0.3 is 0 Å². The van der Waals surface area contributed by atoms with Gasteiger partial charge in [-0.1, -0.05) is 35.1 Å². The van der Waals surface area contributed by atoms with Crippen LogP contribution in [-0.2, 0) is 0 Å². The summed E-state index contributed by atoms with van der Waals surface area (Å²) in [7, 11) is 0. The van der Waals surface area contributed by atoms with Gasteiger partial charge < -0.3 is 10.6 Å². The minimum atomic E-state index is 0.626. The number of nitrogens with zero attached hydrogens (tertiary/aromatic N) is 1. The summed E-state index contributed by atoms with van der Waals surface area (Å²) < 4.78 is 1.16. The number of hydrogen-bond donors (Lipinski definition) is 2. The third-order valence-electron chi connectivity index (χ3n) is 2.50. The van der Waals surface area contributed by atoms with Crippen molar-refractivity contribution in [3.05, 3.63) is 35.9 Å². The normalized spacial score (nSPS) is 10.2. The van der Waals surface area contributed by atoms with Crippen LogP contribution in [0, 0.1) is 0 Å². The average molecular weight is 291 g/mol. The highest BCUT2D eigenvalue weighted by atomic mass is 32.1. The van der Waals surface area contributed by atoms with Crippen LogP contribution < -0.4 is 10.6 Å². The Balaban J connectivity index is 1.86. The zero-order valence-electron chi connectivity index (χ0n) is 11.1. The summed E-state index contributed by atoms with van der Waals surface area (Å²) in [6.45, 7) is 5.03. The molecule has 0 saturated carbocycles. The van der Waals surface area contributed by atoms with Gasteiger partial charge in [0, 0.05) is 6.54 Å². The van der Waals surface area contributed by atoms with E-state index in [-0.39, 0.29) is 0 Å². The minimum absolute atomic E-state index is 0.626. The Kier molecular flexibility index (Phi) is 4.87. The lowest BCUT2D eigenvalue weighted by molar-refractivity contribution is 0.892. The van der Waals surface area contributed by atoms with Crippen LogP contribution in [0.2, 0.25) is 0 Å². The molecule has 5 heteroatoms. The third-order valence-corrected chi connectivity index (χ3v) is 3.70. The largest absolute Gasteiger partial charge is 0.362 e. The van der Waals surface area contributed by atoms with Crippen LogP contribution >= 0.6 is 23.6 Å². The fraction of sp³-hybridized carbons (Fsp3) is 0.286. The maximum atomic E-state index is 5.24. The number of allylic oxidation sites excluding steroid dienone is 1. The molecule has 0 fully saturated rings. The topological polar surface area (TPSA) is 37.0 Å². The molecular weight excluding hydrogens is 274 g/mol. The number of fused-ring (bicyclic) bond motifs is 1. The molecule has 2 N–H and O–H groups in total. The van der Waals surface area contributed by atoms with Crippen molar-refractivity contribution in [1.82, 2.24) is 10.3 Å². The van der Waals surface area contributed by atoms with Gasteiger partial charge in [0.05, 0.1) is 10.2 Å². The van der Waals surface area contributed by atoms with Gasteiger partial charge in [-0.05, 0) is 44.6 Å². The van der Waals surface area contributed by atoms with Crippen molar-refractivity contribution >= 4 is 44.0 Å². The molecule has 3 nitrogen and oxygen atoms in total. The van der Waals surface area contributed by atoms with Crippen LogP contribution in [0.4, 0.5) is 5.13 Å². The second-order valence-corrected chi connectivity index (χ2v) is 5.88. The van der Waals surface area contributed by atoms with E-state index >= 15 is 0 Å². The summed E-state index contributed by atoms with van der Waals surface area (Å²) in [6, 6.07) is 8.06. The highest BCUT2D eigenvalue weighted by Gasteiger charge is 2.03. The van der Waals surface area contributed by atoms with Crippen LogP contribution in [0.3, 0.4) is 0 Å². The molecule has 1 heterocycles. The monoisotopic (exact) mass is 291 g/mol. The molecule has 0 spiro atoms. The van der Waals surface area contributed by atoms with E-state index in [0.29, 0.717) is 5.11 Å². The Morgan fingerprint density at radius 1 is 1.37 bits per heavy atom. The quantitative estimate of drug-likeness (QED) is 0.508. The number of hydrogen-bond acceptors (Lipinski definition) is 3. The first-order valence-corrected chi connectivity index (χ1v) is 7.41. The van der Waals surface area contributed by atoms with Gasteiger partial charge in [-0.2, -0.15) is 0 Å². The summed E-state index contributed by atoms with van der Waals surface area (Å²) in [6.07, 6.45) is 3.16. The van der Waals surface area contributed by atoms with Crippen molar-refractivity contribution in [2.24, 2.45) is 0 Å². The smallest absolute Gasteiger partial charge is 0.190 e. The SMILES string of the molecule is CC(C)=CCCNC(=S)Nc1nc2ccccc2s1. The molecule has 0 atom stereocenters. The standard InChI is InChI=1S/C14H17N3S2/c1-10(2)6-5-9-15-13(18)17-14-16-11-7-3-4-8-12(11)19-14/h3-4,6-8H,5,9H2,1-2H3,(H2,15,16,17,18). The van der Waals surface area contributed by atoms with E-state index in [4.69, 9.17) is 12.2 Å². The lowest BCUT2D eigenvalue weighted by Gasteiger charge is -2.06. The predicted molar refractivity (Wildman–Crippen MR) is 87.9 cm³/mol. The summed E-state index contributed by atoms with van der Waals surface area (Å²) >= 11 is 6.85. The summed E-state index contributed by atoms with van der Waals surface area (Å²) in [5.74, 6) is 0. The fourth-order valence-electron chi connectivity index (χ4n) is 1.61. The maximum absolute atomic E-state index is 5.24. The van der Waals surface area contributed by atoms with E-state index in [9.17, 15) is 0 Å². The number of thiocarbonyl (C=S) groups is 1. The van der Waals surface area contributed by atoms with E-state index in [1.54, 1.807) is 11.3 Å². The zero-order valence-corrected chi connectivity index (χ0v) is 12.7. The number of para-hydroxylation sites is 1. The zero-order chi connectivity index (χ0) is 13.7. The first kappa shape index (κ1) is 14.0. The molecule has 2 aromatic rings. The molecule has 0 saturated heterocycles. The molecule has 0 radical (unpaired) electrons. The van der Waals surface area contributed by atoms with E-state index in [1.807, 2.05) is 18.2 Å². The molecule has 19 heavy (non-hydrogen) atoms. The molecule has 0 aliphatic rings. The lowest BCUT2D eigenvalue weighted by Crippen LogP contribution is -2.28. The first-order valence-electron chi connectivity index (χ1n) is 6.19. The number of thiazole rings is 1. The van der Waals surface area contributed by atoms with Gasteiger partial charge in [0.15, 0.2) is 10.2 Å².